The quantitative estimate of drug-likeness (QED) is 0.812. The number of primary amides is 1. The van der Waals surface area contributed by atoms with Crippen LogP contribution in [0.5, 0.6) is 0 Å². The monoisotopic (exact) mass is 299 g/mol. The van der Waals surface area contributed by atoms with Crippen LogP contribution in [0.2, 0.25) is 0 Å². The van der Waals surface area contributed by atoms with Crippen molar-refractivity contribution < 1.29 is 9.59 Å². The van der Waals surface area contributed by atoms with Gasteiger partial charge in [0.15, 0.2) is 0 Å². The Labute approximate surface area is 108 Å². The Morgan fingerprint density at radius 3 is 2.59 bits per heavy atom. The van der Waals surface area contributed by atoms with Gasteiger partial charge in [-0.3, -0.25) is 9.59 Å². The molecule has 1 aromatic carbocycles. The highest BCUT2D eigenvalue weighted by Gasteiger charge is 2.18. The third-order valence-electron chi connectivity index (χ3n) is 2.24. The van der Waals surface area contributed by atoms with Crippen LogP contribution in [-0.2, 0) is 4.79 Å². The lowest BCUT2D eigenvalue weighted by atomic mass is 10.1. The molecule has 0 bridgehead atoms. The molecule has 4 N–H and O–H groups in total. The van der Waals surface area contributed by atoms with E-state index in [1.165, 1.54) is 4.90 Å². The number of rotatable bonds is 4. The Morgan fingerprint density at radius 2 is 2.06 bits per heavy atom. The Balaban J connectivity index is 3.01. The molecule has 0 aliphatic rings. The first kappa shape index (κ1) is 13.5. The van der Waals surface area contributed by atoms with Crippen LogP contribution >= 0.6 is 15.9 Å². The summed E-state index contributed by atoms with van der Waals surface area (Å²) in [6, 6.07) is 4.95. The third kappa shape index (κ3) is 3.45. The zero-order chi connectivity index (χ0) is 13.0. The first-order chi connectivity index (χ1) is 7.95. The summed E-state index contributed by atoms with van der Waals surface area (Å²) in [5.41, 5.74) is 11.6. The molecule has 0 spiro atoms. The second-order valence-corrected chi connectivity index (χ2v) is 4.38. The molecule has 0 heterocycles. The molecule has 92 valence electrons. The second kappa shape index (κ2) is 5.67. The number of benzene rings is 1. The van der Waals surface area contributed by atoms with Gasteiger partial charge in [0.25, 0.3) is 5.91 Å². The number of hydrogen-bond acceptors (Lipinski definition) is 3. The molecule has 0 aromatic heterocycles. The fourth-order valence-electron chi connectivity index (χ4n) is 1.39. The first-order valence-electron chi connectivity index (χ1n) is 5.08. The van der Waals surface area contributed by atoms with E-state index in [4.69, 9.17) is 11.5 Å². The van der Waals surface area contributed by atoms with Crippen molar-refractivity contribution in [3.8, 4) is 0 Å². The molecular weight excluding hydrogens is 286 g/mol. The number of amides is 2. The van der Waals surface area contributed by atoms with Crippen molar-refractivity contribution in [3.05, 3.63) is 28.2 Å². The van der Waals surface area contributed by atoms with E-state index in [9.17, 15) is 9.59 Å². The number of halogens is 1. The minimum atomic E-state index is -0.541. The van der Waals surface area contributed by atoms with Gasteiger partial charge in [0, 0.05) is 16.7 Å². The van der Waals surface area contributed by atoms with Crippen molar-refractivity contribution in [3.63, 3.8) is 0 Å². The Kier molecular flexibility index (Phi) is 4.51. The van der Waals surface area contributed by atoms with Crippen LogP contribution in [0.15, 0.2) is 22.7 Å². The van der Waals surface area contributed by atoms with Crippen LogP contribution in [0, 0.1) is 0 Å². The van der Waals surface area contributed by atoms with Crippen molar-refractivity contribution in [2.75, 3.05) is 18.8 Å². The zero-order valence-corrected chi connectivity index (χ0v) is 11.0. The summed E-state index contributed by atoms with van der Waals surface area (Å²) < 4.78 is 0.639. The highest BCUT2D eigenvalue weighted by molar-refractivity contribution is 9.10. The maximum atomic E-state index is 12.1. The molecule has 0 saturated carbocycles. The molecule has 0 unspecified atom stereocenters. The number of likely N-dealkylation sites (N-methyl/N-ethyl adjacent to an activating group) is 1. The molecule has 0 radical (unpaired) electrons. The van der Waals surface area contributed by atoms with Crippen molar-refractivity contribution in [2.45, 2.75) is 6.92 Å². The second-order valence-electron chi connectivity index (χ2n) is 3.52. The molecule has 5 nitrogen and oxygen atoms in total. The molecular formula is C11H14BrN3O2. The van der Waals surface area contributed by atoms with E-state index in [1.807, 2.05) is 0 Å². The van der Waals surface area contributed by atoms with Crippen LogP contribution in [0.4, 0.5) is 5.69 Å². The SMILES string of the molecule is CCN(CC(N)=O)C(=O)c1cc(N)ccc1Br. The number of anilines is 1. The summed E-state index contributed by atoms with van der Waals surface area (Å²) in [5.74, 6) is -0.814. The van der Waals surface area contributed by atoms with Gasteiger partial charge >= 0.3 is 0 Å². The number of nitrogen functional groups attached to an aromatic ring is 1. The Bertz CT molecular complexity index is 448. The van der Waals surface area contributed by atoms with Gasteiger partial charge in [0.2, 0.25) is 5.91 Å². The molecule has 1 rings (SSSR count). The number of nitrogens with two attached hydrogens (primary N) is 2. The summed E-state index contributed by atoms with van der Waals surface area (Å²) >= 11 is 3.28. The molecule has 0 atom stereocenters. The summed E-state index contributed by atoms with van der Waals surface area (Å²) in [4.78, 5) is 24.3. The Hall–Kier alpha value is -1.56. The molecule has 0 aliphatic heterocycles. The maximum Gasteiger partial charge on any atom is 0.255 e. The molecule has 0 fully saturated rings. The van der Waals surface area contributed by atoms with E-state index in [2.05, 4.69) is 15.9 Å². The van der Waals surface area contributed by atoms with Gasteiger partial charge in [-0.1, -0.05) is 0 Å². The van der Waals surface area contributed by atoms with Gasteiger partial charge in [-0.2, -0.15) is 0 Å². The number of hydrogen-bond donors (Lipinski definition) is 2. The Morgan fingerprint density at radius 1 is 1.41 bits per heavy atom. The lowest BCUT2D eigenvalue weighted by Crippen LogP contribution is -2.38. The summed E-state index contributed by atoms with van der Waals surface area (Å²) in [6.45, 7) is 2.08. The van der Waals surface area contributed by atoms with E-state index in [1.54, 1.807) is 25.1 Å². The molecule has 0 saturated heterocycles. The van der Waals surface area contributed by atoms with Gasteiger partial charge in [-0.15, -0.1) is 0 Å². The third-order valence-corrected chi connectivity index (χ3v) is 2.93. The van der Waals surface area contributed by atoms with Crippen molar-refractivity contribution in [2.24, 2.45) is 5.73 Å². The largest absolute Gasteiger partial charge is 0.399 e. The predicted octanol–water partition coefficient (Wildman–Crippen LogP) is 0.979. The lowest BCUT2D eigenvalue weighted by molar-refractivity contribution is -0.118. The van der Waals surface area contributed by atoms with E-state index in [0.717, 1.165) is 0 Å². The minimum absolute atomic E-state index is 0.101. The zero-order valence-electron chi connectivity index (χ0n) is 9.44. The normalized spacial score (nSPS) is 10.0. The average Bonchev–Trinajstić information content (AvgIpc) is 2.28. The summed E-state index contributed by atoms with van der Waals surface area (Å²) in [5, 5.41) is 0. The number of carbonyl (C=O) groups excluding carboxylic acids is 2. The first-order valence-corrected chi connectivity index (χ1v) is 5.87. The van der Waals surface area contributed by atoms with Gasteiger partial charge in [0.1, 0.15) is 0 Å². The highest BCUT2D eigenvalue weighted by Crippen LogP contribution is 2.21. The standard InChI is InChI=1S/C11H14BrN3O2/c1-2-15(6-10(14)16)11(17)8-5-7(13)3-4-9(8)12/h3-5H,2,6,13H2,1H3,(H2,14,16). The van der Waals surface area contributed by atoms with E-state index < -0.39 is 5.91 Å². The smallest absolute Gasteiger partial charge is 0.255 e. The van der Waals surface area contributed by atoms with Crippen molar-refractivity contribution in [1.82, 2.24) is 4.90 Å². The molecule has 2 amide bonds. The van der Waals surface area contributed by atoms with Crippen molar-refractivity contribution in [1.29, 1.82) is 0 Å². The van der Waals surface area contributed by atoms with E-state index >= 15 is 0 Å². The average molecular weight is 300 g/mol. The fraction of sp³-hybridized carbons (Fsp3) is 0.273. The van der Waals surface area contributed by atoms with Crippen LogP contribution in [0.1, 0.15) is 17.3 Å². The summed E-state index contributed by atoms with van der Waals surface area (Å²) in [7, 11) is 0. The fourth-order valence-corrected chi connectivity index (χ4v) is 1.81. The van der Waals surface area contributed by atoms with Gasteiger partial charge in [0.05, 0.1) is 12.1 Å². The van der Waals surface area contributed by atoms with Crippen LogP contribution < -0.4 is 11.5 Å². The number of nitrogens with zero attached hydrogens (tertiary/aromatic N) is 1. The van der Waals surface area contributed by atoms with Gasteiger partial charge in [-0.05, 0) is 41.1 Å². The van der Waals surface area contributed by atoms with E-state index in [-0.39, 0.29) is 12.5 Å². The number of carbonyl (C=O) groups is 2. The minimum Gasteiger partial charge on any atom is -0.399 e. The molecule has 17 heavy (non-hydrogen) atoms. The molecule has 6 heteroatoms. The summed E-state index contributed by atoms with van der Waals surface area (Å²) in [6.07, 6.45) is 0. The molecule has 0 aliphatic carbocycles. The van der Waals surface area contributed by atoms with Gasteiger partial charge in [-0.25, -0.2) is 0 Å². The van der Waals surface area contributed by atoms with Crippen molar-refractivity contribution >= 4 is 33.4 Å². The maximum absolute atomic E-state index is 12.1. The van der Waals surface area contributed by atoms with Crippen LogP contribution in [0.3, 0.4) is 0 Å². The lowest BCUT2D eigenvalue weighted by Gasteiger charge is -2.19. The van der Waals surface area contributed by atoms with E-state index in [0.29, 0.717) is 22.3 Å². The predicted molar refractivity (Wildman–Crippen MR) is 69.3 cm³/mol. The highest BCUT2D eigenvalue weighted by atomic mass is 79.9. The van der Waals surface area contributed by atoms with Crippen LogP contribution in [-0.4, -0.2) is 29.8 Å². The topological polar surface area (TPSA) is 89.4 Å². The van der Waals surface area contributed by atoms with Gasteiger partial charge < -0.3 is 16.4 Å². The molecule has 1 aromatic rings. The van der Waals surface area contributed by atoms with Crippen LogP contribution in [0.25, 0.3) is 0 Å².